The van der Waals surface area contributed by atoms with Gasteiger partial charge in [-0.25, -0.2) is 9.67 Å². The Bertz CT molecular complexity index is 1280. The Morgan fingerprint density at radius 2 is 1.96 bits per heavy atom. The second kappa shape index (κ2) is 6.26. The van der Waals surface area contributed by atoms with E-state index in [2.05, 4.69) is 38.0 Å². The van der Waals surface area contributed by atoms with Gasteiger partial charge in [0.2, 0.25) is 0 Å². The summed E-state index contributed by atoms with van der Waals surface area (Å²) in [6, 6.07) is 19.3. The van der Waals surface area contributed by atoms with Gasteiger partial charge in [0, 0.05) is 10.9 Å². The molecule has 3 aromatic carbocycles. The summed E-state index contributed by atoms with van der Waals surface area (Å²) in [6.07, 6.45) is 1.48. The average Bonchev–Trinajstić information content (AvgIpc) is 3.38. The predicted octanol–water partition coefficient (Wildman–Crippen LogP) is 3.68. The third kappa shape index (κ3) is 2.81. The highest BCUT2D eigenvalue weighted by atomic mass is 32.1. The number of amides is 1. The van der Waals surface area contributed by atoms with Gasteiger partial charge in [-0.15, -0.1) is 5.10 Å². The third-order valence-corrected chi connectivity index (χ3v) is 5.16. The molecule has 1 amide bonds. The highest BCUT2D eigenvalue weighted by Gasteiger charge is 2.12. The first-order valence-electron chi connectivity index (χ1n) is 8.21. The fourth-order valence-electron chi connectivity index (χ4n) is 2.95. The average molecular weight is 372 g/mol. The first-order valence-corrected chi connectivity index (χ1v) is 9.03. The molecule has 0 aliphatic heterocycles. The molecule has 1 N–H and O–H groups in total. The highest BCUT2D eigenvalue weighted by molar-refractivity contribution is 7.22. The Balaban J connectivity index is 1.47. The number of anilines is 1. The molecule has 0 aliphatic rings. The maximum atomic E-state index is 12.7. The lowest BCUT2D eigenvalue weighted by atomic mass is 10.1. The van der Waals surface area contributed by atoms with Crippen molar-refractivity contribution in [1.29, 1.82) is 0 Å². The van der Waals surface area contributed by atoms with E-state index in [9.17, 15) is 4.79 Å². The van der Waals surface area contributed by atoms with E-state index in [0.29, 0.717) is 16.4 Å². The summed E-state index contributed by atoms with van der Waals surface area (Å²) in [5.74, 6) is -0.228. The van der Waals surface area contributed by atoms with Gasteiger partial charge in [0.25, 0.3) is 5.91 Å². The minimum absolute atomic E-state index is 0.228. The van der Waals surface area contributed by atoms with Gasteiger partial charge >= 0.3 is 0 Å². The van der Waals surface area contributed by atoms with Gasteiger partial charge in [0.15, 0.2) is 5.13 Å². The second-order valence-corrected chi connectivity index (χ2v) is 6.94. The molecular weight excluding hydrogens is 360 g/mol. The number of nitrogens with one attached hydrogen (secondary N) is 1. The molecule has 130 valence electrons. The van der Waals surface area contributed by atoms with Gasteiger partial charge in [-0.2, -0.15) is 0 Å². The van der Waals surface area contributed by atoms with Gasteiger partial charge in [-0.1, -0.05) is 47.7 Å². The first kappa shape index (κ1) is 15.6. The number of thiazole rings is 1. The Labute approximate surface area is 157 Å². The van der Waals surface area contributed by atoms with E-state index in [1.807, 2.05) is 30.3 Å². The SMILES string of the molecule is O=C(Nc1nc2c(ccc3ccccc32)s1)c1cccc(-n2cnnn2)c1. The van der Waals surface area contributed by atoms with E-state index in [1.165, 1.54) is 22.3 Å². The summed E-state index contributed by atoms with van der Waals surface area (Å²) in [5, 5.41) is 16.7. The Morgan fingerprint density at radius 1 is 1.04 bits per heavy atom. The van der Waals surface area contributed by atoms with Gasteiger partial charge in [0.05, 0.1) is 15.9 Å². The number of hydrogen-bond acceptors (Lipinski definition) is 6. The molecule has 2 aromatic heterocycles. The molecule has 0 saturated heterocycles. The van der Waals surface area contributed by atoms with Crippen molar-refractivity contribution < 1.29 is 4.79 Å². The highest BCUT2D eigenvalue weighted by Crippen LogP contribution is 2.31. The number of carbonyl (C=O) groups excluding carboxylic acids is 1. The lowest BCUT2D eigenvalue weighted by Crippen LogP contribution is -2.12. The van der Waals surface area contributed by atoms with E-state index < -0.39 is 0 Å². The zero-order valence-electron chi connectivity index (χ0n) is 13.9. The topological polar surface area (TPSA) is 85.6 Å². The minimum Gasteiger partial charge on any atom is -0.298 e. The van der Waals surface area contributed by atoms with Gasteiger partial charge in [-0.05, 0) is 40.1 Å². The minimum atomic E-state index is -0.228. The molecule has 0 aliphatic carbocycles. The molecule has 7 nitrogen and oxygen atoms in total. The zero-order valence-corrected chi connectivity index (χ0v) is 14.7. The van der Waals surface area contributed by atoms with Crippen LogP contribution in [0.3, 0.4) is 0 Å². The normalized spacial score (nSPS) is 11.1. The maximum Gasteiger partial charge on any atom is 0.257 e. The van der Waals surface area contributed by atoms with Crippen LogP contribution in [-0.4, -0.2) is 31.1 Å². The zero-order chi connectivity index (χ0) is 18.2. The van der Waals surface area contributed by atoms with Crippen LogP contribution >= 0.6 is 11.3 Å². The number of carbonyl (C=O) groups is 1. The smallest absolute Gasteiger partial charge is 0.257 e. The molecule has 27 heavy (non-hydrogen) atoms. The fourth-order valence-corrected chi connectivity index (χ4v) is 3.83. The van der Waals surface area contributed by atoms with Crippen LogP contribution in [0, 0.1) is 0 Å². The molecule has 0 atom stereocenters. The molecule has 2 heterocycles. The Kier molecular flexibility index (Phi) is 3.61. The van der Waals surface area contributed by atoms with E-state index in [0.717, 1.165) is 21.0 Å². The van der Waals surface area contributed by atoms with E-state index in [1.54, 1.807) is 18.2 Å². The molecule has 5 aromatic rings. The van der Waals surface area contributed by atoms with Crippen LogP contribution in [-0.2, 0) is 0 Å². The monoisotopic (exact) mass is 372 g/mol. The number of rotatable bonds is 3. The molecule has 0 spiro atoms. The molecule has 5 rings (SSSR count). The molecule has 0 unspecified atom stereocenters. The van der Waals surface area contributed by atoms with Crippen molar-refractivity contribution in [3.63, 3.8) is 0 Å². The number of aromatic nitrogens is 5. The molecule has 0 bridgehead atoms. The van der Waals surface area contributed by atoms with Crippen molar-refractivity contribution in [2.75, 3.05) is 5.32 Å². The Hall–Kier alpha value is -3.65. The van der Waals surface area contributed by atoms with Crippen molar-refractivity contribution >= 4 is 43.4 Å². The fraction of sp³-hybridized carbons (Fsp3) is 0. The van der Waals surface area contributed by atoms with E-state index >= 15 is 0 Å². The summed E-state index contributed by atoms with van der Waals surface area (Å²) < 4.78 is 2.53. The van der Waals surface area contributed by atoms with Crippen LogP contribution in [0.1, 0.15) is 10.4 Å². The van der Waals surface area contributed by atoms with Crippen LogP contribution in [0.4, 0.5) is 5.13 Å². The molecule has 0 saturated carbocycles. The third-order valence-electron chi connectivity index (χ3n) is 4.23. The summed E-state index contributed by atoms with van der Waals surface area (Å²) in [7, 11) is 0. The van der Waals surface area contributed by atoms with Crippen molar-refractivity contribution in [1.82, 2.24) is 25.2 Å². The van der Waals surface area contributed by atoms with Crippen LogP contribution in [0.25, 0.3) is 26.7 Å². The van der Waals surface area contributed by atoms with E-state index in [-0.39, 0.29) is 5.91 Å². The van der Waals surface area contributed by atoms with Crippen LogP contribution in [0.2, 0.25) is 0 Å². The first-order chi connectivity index (χ1) is 13.3. The molecular formula is C19H12N6OS. The summed E-state index contributed by atoms with van der Waals surface area (Å²) in [5.41, 5.74) is 2.12. The van der Waals surface area contributed by atoms with E-state index in [4.69, 9.17) is 0 Å². The van der Waals surface area contributed by atoms with Gasteiger partial charge < -0.3 is 0 Å². The summed E-state index contributed by atoms with van der Waals surface area (Å²) in [6.45, 7) is 0. The van der Waals surface area contributed by atoms with Crippen molar-refractivity contribution in [3.8, 4) is 5.69 Å². The summed E-state index contributed by atoms with van der Waals surface area (Å²) in [4.78, 5) is 17.3. The standard InChI is InChI=1S/C19H12N6OS/c26-18(13-5-3-6-14(10-13)25-11-20-23-24-25)22-19-21-17-15-7-2-1-4-12(15)8-9-16(17)27-19/h1-11H,(H,21,22,26). The second-order valence-electron chi connectivity index (χ2n) is 5.91. The van der Waals surface area contributed by atoms with Gasteiger partial charge in [-0.3, -0.25) is 10.1 Å². The van der Waals surface area contributed by atoms with Crippen LogP contribution < -0.4 is 5.32 Å². The number of benzene rings is 3. The predicted molar refractivity (Wildman–Crippen MR) is 104 cm³/mol. The van der Waals surface area contributed by atoms with Crippen LogP contribution in [0.5, 0.6) is 0 Å². The Morgan fingerprint density at radius 3 is 2.85 bits per heavy atom. The van der Waals surface area contributed by atoms with Crippen molar-refractivity contribution in [2.45, 2.75) is 0 Å². The number of fused-ring (bicyclic) bond motifs is 3. The number of hydrogen-bond donors (Lipinski definition) is 1. The molecule has 0 radical (unpaired) electrons. The largest absolute Gasteiger partial charge is 0.298 e. The lowest BCUT2D eigenvalue weighted by Gasteiger charge is -2.04. The number of nitrogens with zero attached hydrogens (tertiary/aromatic N) is 5. The van der Waals surface area contributed by atoms with Crippen molar-refractivity contribution in [3.05, 3.63) is 72.6 Å². The molecule has 8 heteroatoms. The van der Waals surface area contributed by atoms with Crippen LogP contribution in [0.15, 0.2) is 67.0 Å². The number of tetrazole rings is 1. The quantitative estimate of drug-likeness (QED) is 0.522. The maximum absolute atomic E-state index is 12.7. The lowest BCUT2D eigenvalue weighted by molar-refractivity contribution is 0.102. The summed E-state index contributed by atoms with van der Waals surface area (Å²) >= 11 is 1.46. The van der Waals surface area contributed by atoms with Gasteiger partial charge in [0.1, 0.15) is 6.33 Å². The van der Waals surface area contributed by atoms with Crippen molar-refractivity contribution in [2.24, 2.45) is 0 Å². The molecule has 0 fully saturated rings.